The Hall–Kier alpha value is -11.8. The fourth-order valence-electron chi connectivity index (χ4n) is 12.0. The number of hydrogen-bond donors (Lipinski definition) is 9. The Morgan fingerprint density at radius 2 is 0.956 bits per heavy atom. The molecule has 22 nitrogen and oxygen atoms in total. The predicted octanol–water partition coefficient (Wildman–Crippen LogP) is 24.8. The van der Waals surface area contributed by atoms with Crippen LogP contribution in [0.15, 0.2) is 193 Å². The van der Waals surface area contributed by atoms with Gasteiger partial charge in [0.05, 0.1) is 35.9 Å². The van der Waals surface area contributed by atoms with Gasteiger partial charge in [-0.3, -0.25) is 14.4 Å². The first-order valence-electron chi connectivity index (χ1n) is 47.2. The minimum absolute atomic E-state index is 0.0544. The maximum Gasteiger partial charge on any atom is 0.406 e. The smallest absolute Gasteiger partial charge is 0.406 e. The molecule has 0 saturated heterocycles. The number of carboxylic acids is 3. The molecule has 0 aliphatic heterocycles. The number of nitrogens with one attached hydrogen (secondary N) is 5. The number of aromatic nitrogens is 2. The van der Waals surface area contributed by atoms with Crippen LogP contribution in [0.4, 0.5) is 15.5 Å². The molecular formula is C112H163BrN8O14. The summed E-state index contributed by atoms with van der Waals surface area (Å²) < 4.78 is 15.6. The second kappa shape index (κ2) is 75.5. The number of aryl methyl sites for hydroxylation is 2. The molecule has 7 aromatic carbocycles. The first-order valence-corrected chi connectivity index (χ1v) is 48.0. The van der Waals surface area contributed by atoms with Gasteiger partial charge in [0.15, 0.2) is 0 Å². The van der Waals surface area contributed by atoms with Crippen molar-refractivity contribution in [3.05, 3.63) is 260 Å². The van der Waals surface area contributed by atoms with E-state index in [2.05, 4.69) is 260 Å². The number of benzene rings is 7. The SMILES string of the molecule is CC(=O)NCC(C)C.CC(C)CNc1ncc(Br)cn1.CC(C)Cc1ccc(/C=C/C(=O)O)cc1.CC(C)Cc1cccc(C#N)c1.CC(C)Cc1ccccc1CCC(=O)O.CC(C)Cc1ccccc1CCCCCC(=O)O.CC(C)Cc1ccccc1O.CCNC(=O)NCC(C)C.COC(=O)NCC(C)C.COC(=O)c1ccc(C#CCOc2ccc(CC(C)(C)C)cc2)cc1. The Balaban J connectivity index is 0. The predicted molar refractivity (Wildman–Crippen MR) is 557 cm³/mol. The highest BCUT2D eigenvalue weighted by Crippen LogP contribution is 2.24. The third kappa shape index (κ3) is 74.2. The lowest BCUT2D eigenvalue weighted by atomic mass is 9.88. The molecule has 0 aliphatic rings. The van der Waals surface area contributed by atoms with Crippen molar-refractivity contribution in [3.8, 4) is 29.4 Å². The van der Waals surface area contributed by atoms with Crippen LogP contribution in [0, 0.1) is 81.8 Å². The molecule has 4 amide bonds. The fraction of sp³-hybridized carbons (Fsp3) is 0.482. The zero-order valence-corrected chi connectivity index (χ0v) is 87.3. The van der Waals surface area contributed by atoms with E-state index < -0.39 is 17.9 Å². The number of carbonyl (C=O) groups excluding carboxylic acids is 4. The van der Waals surface area contributed by atoms with Gasteiger partial charge in [0.2, 0.25) is 11.9 Å². The highest BCUT2D eigenvalue weighted by molar-refractivity contribution is 9.10. The van der Waals surface area contributed by atoms with Gasteiger partial charge in [0.25, 0.3) is 0 Å². The number of nitrogens with zero attached hydrogens (tertiary/aromatic N) is 3. The van der Waals surface area contributed by atoms with Crippen LogP contribution in [0.25, 0.3) is 6.08 Å². The summed E-state index contributed by atoms with van der Waals surface area (Å²) in [5.41, 5.74) is 13.5. The molecule has 0 spiro atoms. The third-order valence-corrected chi connectivity index (χ3v) is 18.6. The number of halogens is 1. The Morgan fingerprint density at radius 3 is 1.41 bits per heavy atom. The summed E-state index contributed by atoms with van der Waals surface area (Å²) in [5.74, 6) is 10.6. The number of amides is 4. The number of anilines is 1. The van der Waals surface area contributed by atoms with E-state index in [1.807, 2.05) is 112 Å². The molecule has 0 atom stereocenters. The topological polar surface area (TPSA) is 338 Å². The molecule has 742 valence electrons. The molecule has 0 unspecified atom stereocenters. The largest absolute Gasteiger partial charge is 0.508 e. The van der Waals surface area contributed by atoms with Crippen LogP contribution in [-0.2, 0) is 80.0 Å². The summed E-state index contributed by atoms with van der Waals surface area (Å²) in [7, 11) is 2.72. The molecule has 135 heavy (non-hydrogen) atoms. The van der Waals surface area contributed by atoms with E-state index in [-0.39, 0.29) is 35.8 Å². The Kier molecular flexibility index (Phi) is 70.0. The Morgan fingerprint density at radius 1 is 0.481 bits per heavy atom. The molecule has 0 aliphatic carbocycles. The number of phenols is 1. The third-order valence-electron chi connectivity index (χ3n) is 18.2. The number of nitriles is 1. The van der Waals surface area contributed by atoms with Gasteiger partial charge < -0.3 is 61.2 Å². The van der Waals surface area contributed by atoms with Gasteiger partial charge in [-0.25, -0.2) is 29.1 Å². The Labute approximate surface area is 818 Å². The van der Waals surface area contributed by atoms with Gasteiger partial charge in [-0.15, -0.1) is 0 Å². The van der Waals surface area contributed by atoms with Crippen molar-refractivity contribution in [2.24, 2.45) is 58.7 Å². The normalized spacial score (nSPS) is 10.4. The van der Waals surface area contributed by atoms with Crippen molar-refractivity contribution in [2.45, 2.75) is 243 Å². The van der Waals surface area contributed by atoms with Crippen molar-refractivity contribution in [1.82, 2.24) is 31.2 Å². The van der Waals surface area contributed by atoms with Crippen molar-refractivity contribution >= 4 is 69.9 Å². The molecule has 8 aromatic rings. The lowest BCUT2D eigenvalue weighted by molar-refractivity contribution is -0.138. The van der Waals surface area contributed by atoms with Gasteiger partial charge in [0, 0.05) is 76.5 Å². The van der Waals surface area contributed by atoms with E-state index >= 15 is 0 Å². The molecule has 23 heteroatoms. The fourth-order valence-corrected chi connectivity index (χ4v) is 12.2. The van der Waals surface area contributed by atoms with E-state index in [0.717, 1.165) is 122 Å². The van der Waals surface area contributed by atoms with E-state index in [1.165, 1.54) is 60.1 Å². The van der Waals surface area contributed by atoms with Crippen LogP contribution < -0.4 is 31.3 Å². The summed E-state index contributed by atoms with van der Waals surface area (Å²) in [6, 6.07) is 57.2. The zero-order chi connectivity index (χ0) is 102. The maximum atomic E-state index is 11.4. The molecule has 1 heterocycles. The number of hydrogen-bond acceptors (Lipinski definition) is 15. The van der Waals surface area contributed by atoms with Gasteiger partial charge >= 0.3 is 36.0 Å². The average molecular weight is 1930 g/mol. The first kappa shape index (κ1) is 125. The highest BCUT2D eigenvalue weighted by atomic mass is 79.9. The van der Waals surface area contributed by atoms with E-state index in [0.29, 0.717) is 103 Å². The van der Waals surface area contributed by atoms with Gasteiger partial charge in [-0.2, -0.15) is 5.26 Å². The molecule has 0 radical (unpaired) electrons. The van der Waals surface area contributed by atoms with Crippen molar-refractivity contribution in [3.63, 3.8) is 0 Å². The van der Waals surface area contributed by atoms with Crippen LogP contribution in [-0.4, -0.2) is 126 Å². The van der Waals surface area contributed by atoms with Crippen LogP contribution in [0.1, 0.15) is 263 Å². The Bertz CT molecular complexity index is 4690. The van der Waals surface area contributed by atoms with Crippen molar-refractivity contribution in [2.75, 3.05) is 58.9 Å². The first-order chi connectivity index (χ1) is 63.7. The molecule has 0 bridgehead atoms. The number of rotatable bonds is 35. The molecule has 0 fully saturated rings. The second-order valence-electron chi connectivity index (χ2n) is 37.5. The average Bonchev–Trinajstić information content (AvgIpc) is 0.880. The number of carbonyl (C=O) groups is 7. The van der Waals surface area contributed by atoms with E-state index in [4.69, 9.17) is 25.3 Å². The lowest BCUT2D eigenvalue weighted by Gasteiger charge is -2.18. The summed E-state index contributed by atoms with van der Waals surface area (Å²) in [4.78, 5) is 82.1. The van der Waals surface area contributed by atoms with Gasteiger partial charge in [-0.05, 0) is 256 Å². The minimum Gasteiger partial charge on any atom is -0.508 e. The number of methoxy groups -OCH3 is 2. The molecule has 0 saturated carbocycles. The quantitative estimate of drug-likeness (QED) is 0.00771. The number of urea groups is 1. The number of aliphatic carboxylic acids is 3. The molecule has 8 rings (SSSR count). The van der Waals surface area contributed by atoms with Crippen molar-refractivity contribution in [1.29, 1.82) is 5.26 Å². The number of alkyl carbamates (subject to hydrolysis) is 1. The van der Waals surface area contributed by atoms with Crippen LogP contribution in [0.3, 0.4) is 0 Å². The standard InChI is InChI=1S/C22H24O3.C16H24O2.C13H16O2.C13H18O2.C11H13N.C10H14O.C8H12BrN3.C7H16N2O.C6H13NO2.C6H13NO/c1-22(2,3)16-18-9-13-20(14-10-18)25-15-5-6-17-7-11-19(12-8-17)21(23)24-4;1-13(2)12-15-10-7-6-9-14(15)8-4-3-5-11-16(17)18;1-10(2)9-12-5-3-11(4-6-12)7-8-13(14)15;1-10(2)9-12-6-4-3-5-11(12)7-8-13(14)15;1-9(2)6-10-4-3-5-11(7-10)8-12;1-8(2)7-9-5-3-4-6-10(9)11;1-6(2)3-10-8-11-4-7(9)5-12-8;1-4-8-7(10)9-5-6(2)3;1-5(2)4-7-6(8)9-3;1-5(2)4-7-6(3)8/h7-14H,15-16H2,1-4H3;6-7,9-10,13H,3-5,8,11-12H2,1-2H3,(H,17,18);3-8,10H,9H2,1-2H3,(H,14,15);3-6,10H,7-9H2,1-2H3,(H,14,15);3-5,7,9H,6H2,1-2H3;3-6,8,11H,7H2,1-2H3;4-6H,3H2,1-2H3,(H,10,11,12);6H,4-5H2,1-3H3,(H2,8,9,10);5H,4H2,1-3H3,(H,7,8);5H,4H2,1-3H3,(H,7,8)/b;;8-7+;;;;;;;. The highest BCUT2D eigenvalue weighted by Gasteiger charge is 2.13. The number of carboxylic acid groups (broad SMARTS) is 3. The number of para-hydroxylation sites is 1. The van der Waals surface area contributed by atoms with E-state index in [9.17, 15) is 38.7 Å². The minimum atomic E-state index is -0.916. The zero-order valence-electron chi connectivity index (χ0n) is 85.7. The number of aromatic hydroxyl groups is 1. The number of esters is 1. The molecular weight excluding hydrogens is 1760 g/mol. The summed E-state index contributed by atoms with van der Waals surface area (Å²) >= 11 is 3.27. The lowest BCUT2D eigenvalue weighted by Crippen LogP contribution is -2.37. The summed E-state index contributed by atoms with van der Waals surface area (Å²) in [6.07, 6.45) is 17.2. The van der Waals surface area contributed by atoms with Crippen LogP contribution in [0.2, 0.25) is 0 Å². The van der Waals surface area contributed by atoms with Gasteiger partial charge in [0.1, 0.15) is 18.1 Å². The second-order valence-corrected chi connectivity index (χ2v) is 38.4. The van der Waals surface area contributed by atoms with Crippen LogP contribution in [0.5, 0.6) is 11.5 Å². The number of ether oxygens (including phenoxy) is 3. The van der Waals surface area contributed by atoms with Gasteiger partial charge in [-0.1, -0.05) is 279 Å². The summed E-state index contributed by atoms with van der Waals surface area (Å²) in [5, 5.41) is 57.5. The number of unbranched alkanes of at least 4 members (excludes halogenated alkanes) is 2. The number of phenolic OH excluding ortho intramolecular Hbond substituents is 1. The molecule has 1 aromatic heterocycles. The van der Waals surface area contributed by atoms with E-state index in [1.54, 1.807) is 48.8 Å². The monoisotopic (exact) mass is 1920 g/mol. The molecule has 9 N–H and O–H groups in total. The summed E-state index contributed by atoms with van der Waals surface area (Å²) in [6.45, 7) is 52.6. The van der Waals surface area contributed by atoms with Crippen LogP contribution >= 0.6 is 15.9 Å². The van der Waals surface area contributed by atoms with Crippen molar-refractivity contribution < 1.29 is 68.2 Å². The maximum absolute atomic E-state index is 11.4.